The van der Waals surface area contributed by atoms with E-state index in [2.05, 4.69) is 113 Å². The Bertz CT molecular complexity index is 2340. The van der Waals surface area contributed by atoms with E-state index in [-0.39, 0.29) is 25.7 Å². The van der Waals surface area contributed by atoms with E-state index in [0.29, 0.717) is 32.1 Å². The molecule has 5 atom stereocenters. The number of carbonyl (C=O) groups excluding carboxylic acids is 4. The largest absolute Gasteiger partial charge is 0.472 e. The number of ether oxygens (including phenoxy) is 4. The highest BCUT2D eigenvalue weighted by atomic mass is 31.2. The van der Waals surface area contributed by atoms with Crippen LogP contribution in [0.3, 0.4) is 0 Å². The fourth-order valence-electron chi connectivity index (χ4n) is 9.80. The molecular formula is C79H134O17P2. The van der Waals surface area contributed by atoms with Crippen LogP contribution in [-0.2, 0) is 65.4 Å². The van der Waals surface area contributed by atoms with E-state index in [4.69, 9.17) is 37.0 Å². The number of phosphoric acid groups is 2. The zero-order valence-electron chi connectivity index (χ0n) is 61.2. The molecule has 0 aliphatic heterocycles. The van der Waals surface area contributed by atoms with Crippen molar-refractivity contribution in [1.29, 1.82) is 0 Å². The Morgan fingerprint density at radius 2 is 0.571 bits per heavy atom. The SMILES string of the molecule is CC/C=C\C/C=C\C/C=C\C/C=C\C/C=C\CCCC(=O)OCC(COP(=O)(O)OCC(O)COP(=O)(O)OCC(COC(=O)C/C=C\C/C=C\C/C=C\C/C=C\C/C=C\CC)OC(=O)CCCCCCCCCCCCCCCCC)OC(=O)CCCCCCCCCCCCC. The van der Waals surface area contributed by atoms with Gasteiger partial charge in [0.1, 0.15) is 19.3 Å². The van der Waals surface area contributed by atoms with Gasteiger partial charge in [0.15, 0.2) is 12.2 Å². The average molecular weight is 1420 g/mol. The Morgan fingerprint density at radius 3 is 0.898 bits per heavy atom. The van der Waals surface area contributed by atoms with Gasteiger partial charge in [0.25, 0.3) is 0 Å². The summed E-state index contributed by atoms with van der Waals surface area (Å²) in [6.45, 7) is 4.47. The number of aliphatic hydroxyl groups is 1. The maximum atomic E-state index is 13.1. The lowest BCUT2D eigenvalue weighted by Crippen LogP contribution is -2.30. The lowest BCUT2D eigenvalue weighted by molar-refractivity contribution is -0.161. The van der Waals surface area contributed by atoms with Crippen LogP contribution >= 0.6 is 15.6 Å². The molecule has 0 heterocycles. The van der Waals surface area contributed by atoms with Gasteiger partial charge >= 0.3 is 39.5 Å². The van der Waals surface area contributed by atoms with Crippen LogP contribution in [0.15, 0.2) is 122 Å². The monoisotopic (exact) mass is 1420 g/mol. The molecule has 0 aromatic rings. The summed E-state index contributed by atoms with van der Waals surface area (Å²) in [6, 6.07) is 0. The summed E-state index contributed by atoms with van der Waals surface area (Å²) in [5.41, 5.74) is 0. The van der Waals surface area contributed by atoms with Gasteiger partial charge in [-0.1, -0.05) is 303 Å². The standard InChI is InChI=1S/C79H134O17P2/c1-5-9-13-17-21-25-29-32-35-36-39-41-45-48-52-56-60-64-77(82)89-69-74(95-78(83)65-61-57-53-49-43-28-24-20-16-12-8-4)71-93-97(85,86)91-67-73(80)68-92-98(87,88)94-72-75(96-79(84)66-62-58-54-50-46-42-38-34-31-27-23-19-15-11-7-3)70-90-76(81)63-59-55-51-47-44-40-37-33-30-26-22-18-14-10-6-2/h9-10,13-14,21-22,25-26,32-33,35,37,39,41,44,47-48,52,55,59,73-75,80H,5-8,11-12,15-20,23-24,27-31,34,36,38,40,42-43,45-46,49-51,53-54,56-58,60-72H2,1-4H3,(H,85,86)(H,87,88)/b13-9-,14-10-,25-21-,26-22-,35-32-,37-33-,41-39-,47-44-,52-48-,59-55-. The Kier molecular flexibility index (Phi) is 67.6. The third-order valence-corrected chi connectivity index (χ3v) is 17.4. The van der Waals surface area contributed by atoms with E-state index in [1.165, 1.54) is 103 Å². The third-order valence-electron chi connectivity index (χ3n) is 15.5. The molecule has 0 aromatic heterocycles. The number of aliphatic hydroxyl groups excluding tert-OH is 1. The summed E-state index contributed by atoms with van der Waals surface area (Å²) in [5, 5.41) is 10.6. The fraction of sp³-hybridized carbons (Fsp3) is 0.696. The highest BCUT2D eigenvalue weighted by Gasteiger charge is 2.30. The fourth-order valence-corrected chi connectivity index (χ4v) is 11.4. The molecule has 0 bridgehead atoms. The van der Waals surface area contributed by atoms with Gasteiger partial charge < -0.3 is 33.8 Å². The van der Waals surface area contributed by atoms with Crippen LogP contribution in [0.5, 0.6) is 0 Å². The molecule has 0 spiro atoms. The molecule has 0 radical (unpaired) electrons. The summed E-state index contributed by atoms with van der Waals surface area (Å²) in [4.78, 5) is 72.7. The number of hydrogen-bond acceptors (Lipinski definition) is 15. The number of rotatable bonds is 70. The lowest BCUT2D eigenvalue weighted by Gasteiger charge is -2.21. The van der Waals surface area contributed by atoms with Gasteiger partial charge in [0, 0.05) is 19.3 Å². The number of esters is 4. The maximum absolute atomic E-state index is 13.1. The van der Waals surface area contributed by atoms with Crippen molar-refractivity contribution >= 4 is 39.5 Å². The van der Waals surface area contributed by atoms with Crippen LogP contribution in [0.1, 0.15) is 297 Å². The molecule has 0 aromatic carbocycles. The molecule has 5 unspecified atom stereocenters. The number of phosphoric ester groups is 2. The number of allylic oxidation sites excluding steroid dienone is 19. The summed E-state index contributed by atoms with van der Waals surface area (Å²) >= 11 is 0. The maximum Gasteiger partial charge on any atom is 0.472 e. The second-order valence-corrected chi connectivity index (χ2v) is 27.8. The topological polar surface area (TPSA) is 237 Å². The zero-order chi connectivity index (χ0) is 71.8. The summed E-state index contributed by atoms with van der Waals surface area (Å²) in [6.07, 6.45) is 76.6. The summed E-state index contributed by atoms with van der Waals surface area (Å²) < 4.78 is 68.2. The highest BCUT2D eigenvalue weighted by molar-refractivity contribution is 7.47. The first-order valence-corrected chi connectivity index (χ1v) is 40.8. The molecule has 0 amide bonds. The van der Waals surface area contributed by atoms with E-state index in [0.717, 1.165) is 109 Å². The Morgan fingerprint density at radius 1 is 0.306 bits per heavy atom. The molecule has 0 aliphatic carbocycles. The average Bonchev–Trinajstić information content (AvgIpc) is 0.986. The third kappa shape index (κ3) is 69.9. The number of unbranched alkanes of at least 4 members (excludes halogenated alkanes) is 25. The van der Waals surface area contributed by atoms with Gasteiger partial charge in [-0.2, -0.15) is 0 Å². The summed E-state index contributed by atoms with van der Waals surface area (Å²) in [5.74, 6) is -2.38. The zero-order valence-corrected chi connectivity index (χ0v) is 63.0. The van der Waals surface area contributed by atoms with E-state index in [9.17, 15) is 43.2 Å². The first-order chi connectivity index (χ1) is 47.7. The second-order valence-electron chi connectivity index (χ2n) is 24.9. The van der Waals surface area contributed by atoms with Gasteiger partial charge in [-0.25, -0.2) is 9.13 Å². The molecule has 0 aliphatic rings. The first kappa shape index (κ1) is 93.5. The van der Waals surface area contributed by atoms with Crippen molar-refractivity contribution in [2.24, 2.45) is 0 Å². The van der Waals surface area contributed by atoms with Crippen molar-refractivity contribution in [3.8, 4) is 0 Å². The second kappa shape index (κ2) is 70.9. The first-order valence-electron chi connectivity index (χ1n) is 37.8. The predicted octanol–water partition coefficient (Wildman–Crippen LogP) is 21.6. The van der Waals surface area contributed by atoms with Gasteiger partial charge in [0.05, 0.1) is 32.8 Å². The van der Waals surface area contributed by atoms with Crippen molar-refractivity contribution in [2.75, 3.05) is 39.6 Å². The molecule has 0 fully saturated rings. The summed E-state index contributed by atoms with van der Waals surface area (Å²) in [7, 11) is -9.98. The van der Waals surface area contributed by atoms with Gasteiger partial charge in [-0.3, -0.25) is 37.3 Å². The quantitative estimate of drug-likeness (QED) is 0.0169. The van der Waals surface area contributed by atoms with Crippen molar-refractivity contribution in [3.05, 3.63) is 122 Å². The van der Waals surface area contributed by atoms with Crippen molar-refractivity contribution in [3.63, 3.8) is 0 Å². The molecule has 17 nitrogen and oxygen atoms in total. The molecule has 0 rings (SSSR count). The molecule has 0 saturated carbocycles. The highest BCUT2D eigenvalue weighted by Crippen LogP contribution is 2.45. The van der Waals surface area contributed by atoms with Crippen molar-refractivity contribution < 1.29 is 80.2 Å². The molecule has 0 saturated heterocycles. The minimum absolute atomic E-state index is 0.0710. The van der Waals surface area contributed by atoms with Crippen LogP contribution in [-0.4, -0.2) is 96.7 Å². The molecule has 3 N–H and O–H groups in total. The van der Waals surface area contributed by atoms with E-state index in [1.54, 1.807) is 6.08 Å². The molecule has 98 heavy (non-hydrogen) atoms. The smallest absolute Gasteiger partial charge is 0.462 e. The minimum atomic E-state index is -4.99. The Balaban J connectivity index is 5.42. The molecular weight excluding hydrogens is 1280 g/mol. The lowest BCUT2D eigenvalue weighted by atomic mass is 10.0. The predicted molar refractivity (Wildman–Crippen MR) is 399 cm³/mol. The molecule has 19 heteroatoms. The van der Waals surface area contributed by atoms with E-state index >= 15 is 0 Å². The van der Waals surface area contributed by atoms with Gasteiger partial charge in [-0.05, 0) is 89.9 Å². The Hall–Kier alpha value is -4.54. The van der Waals surface area contributed by atoms with E-state index in [1.807, 2.05) is 30.4 Å². The molecule has 562 valence electrons. The van der Waals surface area contributed by atoms with Crippen LogP contribution in [0.4, 0.5) is 0 Å². The Labute approximate surface area is 593 Å². The van der Waals surface area contributed by atoms with Crippen molar-refractivity contribution in [1.82, 2.24) is 0 Å². The number of hydrogen-bond donors (Lipinski definition) is 3. The van der Waals surface area contributed by atoms with Gasteiger partial charge in [0.2, 0.25) is 0 Å². The van der Waals surface area contributed by atoms with Crippen LogP contribution < -0.4 is 0 Å². The van der Waals surface area contributed by atoms with Crippen LogP contribution in [0.2, 0.25) is 0 Å². The normalized spacial score (nSPS) is 14.6. The van der Waals surface area contributed by atoms with Gasteiger partial charge in [-0.15, -0.1) is 0 Å². The number of carbonyl (C=O) groups is 4. The van der Waals surface area contributed by atoms with Crippen LogP contribution in [0, 0.1) is 0 Å². The van der Waals surface area contributed by atoms with Crippen molar-refractivity contribution in [2.45, 2.75) is 316 Å². The van der Waals surface area contributed by atoms with E-state index < -0.39 is 97.5 Å². The minimum Gasteiger partial charge on any atom is -0.462 e. The van der Waals surface area contributed by atoms with Crippen LogP contribution in [0.25, 0.3) is 0 Å².